The summed E-state index contributed by atoms with van der Waals surface area (Å²) in [6.45, 7) is 2.07. The summed E-state index contributed by atoms with van der Waals surface area (Å²) in [5.41, 5.74) is 2.04. The second-order valence-corrected chi connectivity index (χ2v) is 4.82. The predicted molar refractivity (Wildman–Crippen MR) is 73.3 cm³/mol. The molecule has 104 valence electrons. The first kappa shape index (κ1) is 13.9. The van der Waals surface area contributed by atoms with E-state index in [4.69, 9.17) is 9.47 Å². The van der Waals surface area contributed by atoms with Gasteiger partial charge in [-0.25, -0.2) is 4.79 Å². The molecule has 0 radical (unpaired) electrons. The minimum Gasteiger partial charge on any atom is -0.496 e. The number of hydrogen-bond donors (Lipinski definition) is 1. The molecular formula is C15H21NO3. The van der Waals surface area contributed by atoms with Crippen molar-refractivity contribution < 1.29 is 14.3 Å². The van der Waals surface area contributed by atoms with Crippen LogP contribution in [0.15, 0.2) is 18.2 Å². The summed E-state index contributed by atoms with van der Waals surface area (Å²) in [4.78, 5) is 11.9. The van der Waals surface area contributed by atoms with Gasteiger partial charge in [0.2, 0.25) is 0 Å². The topological polar surface area (TPSA) is 47.6 Å². The molecule has 0 aliphatic heterocycles. The average molecular weight is 263 g/mol. The van der Waals surface area contributed by atoms with Crippen LogP contribution in [0.5, 0.6) is 5.75 Å². The van der Waals surface area contributed by atoms with Crippen molar-refractivity contribution in [2.45, 2.75) is 38.3 Å². The molecular weight excluding hydrogens is 242 g/mol. The third-order valence-electron chi connectivity index (χ3n) is 3.44. The summed E-state index contributed by atoms with van der Waals surface area (Å²) in [6.07, 6.45) is 3.13. The monoisotopic (exact) mass is 263 g/mol. The molecule has 1 aromatic carbocycles. The molecule has 4 heteroatoms. The van der Waals surface area contributed by atoms with Gasteiger partial charge in [-0.15, -0.1) is 0 Å². The molecule has 1 aliphatic carbocycles. The van der Waals surface area contributed by atoms with E-state index in [2.05, 4.69) is 12.2 Å². The van der Waals surface area contributed by atoms with Crippen molar-refractivity contribution in [3.8, 4) is 5.75 Å². The number of nitrogens with one attached hydrogen (secondary N) is 1. The largest absolute Gasteiger partial charge is 0.496 e. The van der Waals surface area contributed by atoms with Gasteiger partial charge in [-0.1, -0.05) is 13.0 Å². The minimum atomic E-state index is -0.381. The van der Waals surface area contributed by atoms with E-state index in [0.29, 0.717) is 6.04 Å². The summed E-state index contributed by atoms with van der Waals surface area (Å²) >= 11 is 0. The summed E-state index contributed by atoms with van der Waals surface area (Å²) in [5, 5.41) is 3.33. The number of rotatable bonds is 6. The second-order valence-electron chi connectivity index (χ2n) is 4.82. The highest BCUT2D eigenvalue weighted by Crippen LogP contribution is 2.28. The van der Waals surface area contributed by atoms with Crippen LogP contribution in [-0.2, 0) is 16.0 Å². The van der Waals surface area contributed by atoms with Crippen molar-refractivity contribution in [2.24, 2.45) is 0 Å². The van der Waals surface area contributed by atoms with Crippen LogP contribution in [-0.4, -0.2) is 26.2 Å². The maximum atomic E-state index is 11.9. The van der Waals surface area contributed by atoms with Crippen LogP contribution >= 0.6 is 0 Å². The van der Waals surface area contributed by atoms with Crippen LogP contribution in [0.2, 0.25) is 0 Å². The first-order valence-corrected chi connectivity index (χ1v) is 6.70. The van der Waals surface area contributed by atoms with Gasteiger partial charge in [-0.2, -0.15) is 0 Å². The van der Waals surface area contributed by atoms with Crippen molar-refractivity contribution in [3.63, 3.8) is 0 Å². The van der Waals surface area contributed by atoms with E-state index in [1.165, 1.54) is 7.11 Å². The first-order valence-electron chi connectivity index (χ1n) is 6.70. The highest BCUT2D eigenvalue weighted by Gasteiger charge is 2.30. The summed E-state index contributed by atoms with van der Waals surface area (Å²) < 4.78 is 10.2. The Hall–Kier alpha value is -1.55. The van der Waals surface area contributed by atoms with Crippen molar-refractivity contribution in [2.75, 3.05) is 14.2 Å². The molecule has 1 aromatic rings. The molecule has 0 bridgehead atoms. The minimum absolute atomic E-state index is 0.237. The second kappa shape index (κ2) is 6.06. The fourth-order valence-electron chi connectivity index (χ4n) is 2.16. The molecule has 2 rings (SSSR count). The normalized spacial score (nSPS) is 15.9. The molecule has 1 fully saturated rings. The van der Waals surface area contributed by atoms with E-state index < -0.39 is 0 Å². The predicted octanol–water partition coefficient (Wildman–Crippen LogP) is 2.22. The van der Waals surface area contributed by atoms with Crippen LogP contribution in [0.4, 0.5) is 0 Å². The lowest BCUT2D eigenvalue weighted by Crippen LogP contribution is -2.31. The molecule has 0 heterocycles. The number of aryl methyl sites for hydroxylation is 1. The summed E-state index contributed by atoms with van der Waals surface area (Å²) in [5.74, 6) is 0.625. The van der Waals surface area contributed by atoms with E-state index in [-0.39, 0.29) is 12.0 Å². The van der Waals surface area contributed by atoms with E-state index >= 15 is 0 Å². The molecule has 4 nitrogen and oxygen atoms in total. The van der Waals surface area contributed by atoms with Crippen LogP contribution in [0.1, 0.15) is 36.9 Å². The van der Waals surface area contributed by atoms with Gasteiger partial charge in [-0.3, -0.25) is 5.32 Å². The van der Waals surface area contributed by atoms with Gasteiger partial charge in [0, 0.05) is 6.04 Å². The lowest BCUT2D eigenvalue weighted by Gasteiger charge is -2.18. The van der Waals surface area contributed by atoms with Gasteiger partial charge in [0.05, 0.1) is 14.2 Å². The molecule has 1 atom stereocenters. The molecule has 1 unspecified atom stereocenters. The van der Waals surface area contributed by atoms with Crippen LogP contribution in [0.25, 0.3) is 0 Å². The van der Waals surface area contributed by atoms with Gasteiger partial charge in [0.15, 0.2) is 0 Å². The number of carbonyl (C=O) groups excluding carboxylic acids is 1. The number of esters is 1. The maximum absolute atomic E-state index is 11.9. The van der Waals surface area contributed by atoms with E-state index in [0.717, 1.165) is 36.1 Å². The van der Waals surface area contributed by atoms with Crippen molar-refractivity contribution in [3.05, 3.63) is 29.3 Å². The SMILES string of the molecule is CCc1cc(C(NC2CC2)C(=O)OC)ccc1OC. The Morgan fingerprint density at radius 1 is 1.42 bits per heavy atom. The maximum Gasteiger partial charge on any atom is 0.327 e. The Morgan fingerprint density at radius 3 is 2.68 bits per heavy atom. The highest BCUT2D eigenvalue weighted by molar-refractivity contribution is 5.77. The quantitative estimate of drug-likeness (QED) is 0.799. The lowest BCUT2D eigenvalue weighted by molar-refractivity contribution is -0.143. The number of ether oxygens (including phenoxy) is 2. The van der Waals surface area contributed by atoms with E-state index in [1.54, 1.807) is 7.11 Å². The summed E-state index contributed by atoms with van der Waals surface area (Å²) in [7, 11) is 3.09. The van der Waals surface area contributed by atoms with Crippen molar-refractivity contribution >= 4 is 5.97 Å². The van der Waals surface area contributed by atoms with Crippen molar-refractivity contribution in [1.82, 2.24) is 5.32 Å². The molecule has 1 aliphatic rings. The smallest absolute Gasteiger partial charge is 0.327 e. The Morgan fingerprint density at radius 2 is 2.16 bits per heavy atom. The summed E-state index contributed by atoms with van der Waals surface area (Å²) in [6, 6.07) is 5.92. The van der Waals surface area contributed by atoms with Crippen LogP contribution in [0, 0.1) is 0 Å². The van der Waals surface area contributed by atoms with E-state index in [1.807, 2.05) is 18.2 Å². The first-order chi connectivity index (χ1) is 9.19. The molecule has 0 aromatic heterocycles. The molecule has 0 spiro atoms. The third kappa shape index (κ3) is 3.26. The standard InChI is InChI=1S/C15H21NO3/c1-4-10-9-11(5-8-13(10)18-2)14(15(17)19-3)16-12-6-7-12/h5,8-9,12,14,16H,4,6-7H2,1-3H3. The Labute approximate surface area is 114 Å². The van der Waals surface area contributed by atoms with Gasteiger partial charge >= 0.3 is 5.97 Å². The fourth-order valence-corrected chi connectivity index (χ4v) is 2.16. The van der Waals surface area contributed by atoms with Gasteiger partial charge < -0.3 is 9.47 Å². The van der Waals surface area contributed by atoms with Gasteiger partial charge in [0.25, 0.3) is 0 Å². The number of methoxy groups -OCH3 is 2. The van der Waals surface area contributed by atoms with Crippen LogP contribution in [0.3, 0.4) is 0 Å². The zero-order chi connectivity index (χ0) is 13.8. The zero-order valence-electron chi connectivity index (χ0n) is 11.7. The fraction of sp³-hybridized carbons (Fsp3) is 0.533. The molecule has 0 amide bonds. The Bertz CT molecular complexity index is 455. The molecule has 19 heavy (non-hydrogen) atoms. The third-order valence-corrected chi connectivity index (χ3v) is 3.44. The molecule has 0 saturated heterocycles. The van der Waals surface area contributed by atoms with Crippen LogP contribution < -0.4 is 10.1 Å². The van der Waals surface area contributed by atoms with E-state index in [9.17, 15) is 4.79 Å². The van der Waals surface area contributed by atoms with Crippen molar-refractivity contribution in [1.29, 1.82) is 0 Å². The average Bonchev–Trinajstić information content (AvgIpc) is 3.27. The molecule has 1 saturated carbocycles. The number of benzene rings is 1. The highest BCUT2D eigenvalue weighted by atomic mass is 16.5. The number of carbonyl (C=O) groups is 1. The Kier molecular flexibility index (Phi) is 4.43. The zero-order valence-corrected chi connectivity index (χ0v) is 11.7. The lowest BCUT2D eigenvalue weighted by atomic mass is 10.0. The van der Waals surface area contributed by atoms with Gasteiger partial charge in [-0.05, 0) is 42.5 Å². The number of hydrogen-bond acceptors (Lipinski definition) is 4. The Balaban J connectivity index is 2.26. The molecule has 1 N–H and O–H groups in total. The van der Waals surface area contributed by atoms with Gasteiger partial charge in [0.1, 0.15) is 11.8 Å².